The molecule has 0 aromatic rings. The molecular formula is C8H9NO. The van der Waals surface area contributed by atoms with Gasteiger partial charge in [-0.15, -0.1) is 0 Å². The minimum absolute atomic E-state index is 0.830. The zero-order valence-electron chi connectivity index (χ0n) is 5.63. The largest absolute Gasteiger partial charge is 0.416 e. The minimum Gasteiger partial charge on any atom is -0.416 e. The van der Waals surface area contributed by atoms with Crippen molar-refractivity contribution < 1.29 is 4.84 Å². The van der Waals surface area contributed by atoms with Gasteiger partial charge in [-0.1, -0.05) is 18.2 Å². The van der Waals surface area contributed by atoms with Crippen molar-refractivity contribution in [2.45, 2.75) is 6.42 Å². The van der Waals surface area contributed by atoms with Crippen LogP contribution < -0.4 is 5.48 Å². The van der Waals surface area contributed by atoms with Crippen LogP contribution in [0.15, 0.2) is 35.6 Å². The summed E-state index contributed by atoms with van der Waals surface area (Å²) in [5, 5.41) is 0. The van der Waals surface area contributed by atoms with Crippen molar-refractivity contribution in [1.29, 1.82) is 0 Å². The van der Waals surface area contributed by atoms with Crippen LogP contribution in [-0.2, 0) is 4.84 Å². The van der Waals surface area contributed by atoms with Crippen LogP contribution in [0.3, 0.4) is 0 Å². The summed E-state index contributed by atoms with van der Waals surface area (Å²) in [4.78, 5) is 4.95. The second-order valence-electron chi connectivity index (χ2n) is 2.41. The van der Waals surface area contributed by atoms with Crippen LogP contribution in [0.25, 0.3) is 0 Å². The van der Waals surface area contributed by atoms with Crippen LogP contribution >= 0.6 is 0 Å². The van der Waals surface area contributed by atoms with E-state index in [1.807, 2.05) is 0 Å². The molecule has 1 aliphatic carbocycles. The lowest BCUT2D eigenvalue weighted by atomic mass is 9.99. The third-order valence-electron chi connectivity index (χ3n) is 1.73. The van der Waals surface area contributed by atoms with E-state index in [1.165, 1.54) is 11.1 Å². The van der Waals surface area contributed by atoms with Gasteiger partial charge in [-0.2, -0.15) is 5.48 Å². The predicted molar refractivity (Wildman–Crippen MR) is 39.0 cm³/mol. The van der Waals surface area contributed by atoms with Crippen LogP contribution in [0.2, 0.25) is 0 Å². The van der Waals surface area contributed by atoms with E-state index in [9.17, 15) is 0 Å². The van der Waals surface area contributed by atoms with Crippen molar-refractivity contribution in [3.63, 3.8) is 0 Å². The Balaban J connectivity index is 2.32. The van der Waals surface area contributed by atoms with Crippen molar-refractivity contribution in [2.24, 2.45) is 0 Å². The molecular weight excluding hydrogens is 126 g/mol. The molecule has 0 unspecified atom stereocenters. The molecule has 2 heteroatoms. The molecule has 0 aromatic carbocycles. The summed E-state index contributed by atoms with van der Waals surface area (Å²) in [6.07, 6.45) is 9.11. The highest BCUT2D eigenvalue weighted by Crippen LogP contribution is 2.20. The normalized spacial score (nSPS) is 22.4. The third-order valence-corrected chi connectivity index (χ3v) is 1.73. The van der Waals surface area contributed by atoms with Gasteiger partial charge in [-0.05, 0) is 17.6 Å². The fraction of sp³-hybridized carbons (Fsp3) is 0.250. The summed E-state index contributed by atoms with van der Waals surface area (Å²) in [7, 11) is 0. The summed E-state index contributed by atoms with van der Waals surface area (Å²) >= 11 is 0. The van der Waals surface area contributed by atoms with Crippen molar-refractivity contribution in [3.8, 4) is 0 Å². The lowest BCUT2D eigenvalue weighted by Gasteiger charge is -2.18. The third kappa shape index (κ3) is 0.866. The van der Waals surface area contributed by atoms with E-state index in [0.29, 0.717) is 0 Å². The molecule has 2 rings (SSSR count). The Bertz CT molecular complexity index is 225. The van der Waals surface area contributed by atoms with Gasteiger partial charge >= 0.3 is 0 Å². The van der Waals surface area contributed by atoms with Crippen molar-refractivity contribution in [3.05, 3.63) is 35.6 Å². The Morgan fingerprint density at radius 3 is 3.30 bits per heavy atom. The quantitative estimate of drug-likeness (QED) is 0.540. The van der Waals surface area contributed by atoms with E-state index in [1.54, 1.807) is 6.26 Å². The molecule has 0 amide bonds. The number of fused-ring (bicyclic) bond motifs is 1. The number of hydrogen-bond acceptors (Lipinski definition) is 2. The van der Waals surface area contributed by atoms with Crippen LogP contribution in [0.5, 0.6) is 0 Å². The van der Waals surface area contributed by atoms with Gasteiger partial charge in [0.15, 0.2) is 0 Å². The molecule has 2 aliphatic rings. The van der Waals surface area contributed by atoms with Gasteiger partial charge in [0, 0.05) is 0 Å². The van der Waals surface area contributed by atoms with E-state index < -0.39 is 0 Å². The lowest BCUT2D eigenvalue weighted by Crippen LogP contribution is -2.21. The zero-order valence-corrected chi connectivity index (χ0v) is 5.63. The zero-order chi connectivity index (χ0) is 6.81. The number of rotatable bonds is 0. The fourth-order valence-electron chi connectivity index (χ4n) is 1.15. The first-order chi connectivity index (χ1) is 4.97. The molecule has 1 heterocycles. The summed E-state index contributed by atoms with van der Waals surface area (Å²) in [6.45, 7) is 0.830. The van der Waals surface area contributed by atoms with Gasteiger partial charge in [0.1, 0.15) is 6.26 Å². The average molecular weight is 135 g/mol. The van der Waals surface area contributed by atoms with E-state index in [4.69, 9.17) is 4.84 Å². The van der Waals surface area contributed by atoms with Crippen LogP contribution in [0, 0.1) is 0 Å². The van der Waals surface area contributed by atoms with Gasteiger partial charge in [0.2, 0.25) is 0 Å². The summed E-state index contributed by atoms with van der Waals surface area (Å²) in [6, 6.07) is 0. The maximum Gasteiger partial charge on any atom is 0.115 e. The number of hydrogen-bond donors (Lipinski definition) is 1. The molecule has 2 nitrogen and oxygen atoms in total. The van der Waals surface area contributed by atoms with Crippen LogP contribution in [0.1, 0.15) is 6.42 Å². The van der Waals surface area contributed by atoms with Gasteiger partial charge in [-0.25, -0.2) is 0 Å². The SMILES string of the molecule is C1=CCC2=CONCC2=C1. The van der Waals surface area contributed by atoms with Gasteiger partial charge < -0.3 is 4.84 Å². The lowest BCUT2D eigenvalue weighted by molar-refractivity contribution is 0.132. The van der Waals surface area contributed by atoms with Crippen LogP contribution in [0.4, 0.5) is 0 Å². The van der Waals surface area contributed by atoms with E-state index in [-0.39, 0.29) is 0 Å². The number of nitrogens with one attached hydrogen (secondary N) is 1. The molecule has 0 spiro atoms. The molecule has 10 heavy (non-hydrogen) atoms. The maximum atomic E-state index is 4.95. The summed E-state index contributed by atoms with van der Waals surface area (Å²) < 4.78 is 0. The van der Waals surface area contributed by atoms with E-state index in [2.05, 4.69) is 23.7 Å². The molecule has 0 bridgehead atoms. The van der Waals surface area contributed by atoms with Crippen molar-refractivity contribution in [1.82, 2.24) is 5.48 Å². The standard InChI is InChI=1S/C8H9NO/c1-2-4-8-6-10-9-5-7(8)3-1/h1-3,6,9H,4-5H2. The predicted octanol–water partition coefficient (Wildman–Crippen LogP) is 1.29. The Labute approximate surface area is 59.8 Å². The molecule has 0 saturated carbocycles. The highest BCUT2D eigenvalue weighted by atomic mass is 16.6. The second-order valence-corrected chi connectivity index (χ2v) is 2.41. The first-order valence-corrected chi connectivity index (χ1v) is 3.40. The monoisotopic (exact) mass is 135 g/mol. The highest BCUT2D eigenvalue weighted by molar-refractivity contribution is 5.39. The smallest absolute Gasteiger partial charge is 0.115 e. The Morgan fingerprint density at radius 1 is 1.40 bits per heavy atom. The van der Waals surface area contributed by atoms with E-state index >= 15 is 0 Å². The summed E-state index contributed by atoms with van der Waals surface area (Å²) in [5.41, 5.74) is 5.44. The van der Waals surface area contributed by atoms with Gasteiger partial charge in [0.25, 0.3) is 0 Å². The molecule has 52 valence electrons. The molecule has 0 atom stereocenters. The first-order valence-electron chi connectivity index (χ1n) is 3.40. The molecule has 0 aromatic heterocycles. The molecule has 1 N–H and O–H groups in total. The molecule has 0 fully saturated rings. The fourth-order valence-corrected chi connectivity index (χ4v) is 1.15. The topological polar surface area (TPSA) is 21.3 Å². The van der Waals surface area contributed by atoms with E-state index in [0.717, 1.165) is 13.0 Å². The van der Waals surface area contributed by atoms with Crippen LogP contribution in [-0.4, -0.2) is 6.54 Å². The van der Waals surface area contributed by atoms with Gasteiger partial charge in [-0.3, -0.25) is 0 Å². The first kappa shape index (κ1) is 5.74. The molecule has 1 aliphatic heterocycles. The van der Waals surface area contributed by atoms with Gasteiger partial charge in [0.05, 0.1) is 6.54 Å². The van der Waals surface area contributed by atoms with Crippen molar-refractivity contribution in [2.75, 3.05) is 6.54 Å². The number of allylic oxidation sites excluding steroid dienone is 3. The Hall–Kier alpha value is -1.02. The molecule has 0 radical (unpaired) electrons. The maximum absolute atomic E-state index is 4.95. The second kappa shape index (κ2) is 2.31. The minimum atomic E-state index is 0.830. The van der Waals surface area contributed by atoms with Crippen molar-refractivity contribution >= 4 is 0 Å². The summed E-state index contributed by atoms with van der Waals surface area (Å²) in [5.74, 6) is 0. The Morgan fingerprint density at radius 2 is 2.40 bits per heavy atom. The highest BCUT2D eigenvalue weighted by Gasteiger charge is 2.10. The number of hydroxylamine groups is 1. The average Bonchev–Trinajstić information content (AvgIpc) is 2.05. The molecule has 0 saturated heterocycles. The Kier molecular flexibility index (Phi) is 1.32.